The standard InChI is InChI=1S/C16H20N2O2S/c1-11-15(20)18(10-16(21-2)8-9-16)13(14(19)17-11)12-6-4-3-5-7-12/h3-7,11,13H,8-10H2,1-2H3,(H,17,19). The molecule has 1 aliphatic carbocycles. The summed E-state index contributed by atoms with van der Waals surface area (Å²) in [6, 6.07) is 8.63. The van der Waals surface area contributed by atoms with E-state index in [0.29, 0.717) is 6.54 Å². The zero-order chi connectivity index (χ0) is 15.0. The molecule has 0 radical (unpaired) electrons. The lowest BCUT2D eigenvalue weighted by atomic mass is 9.99. The Balaban J connectivity index is 1.93. The Morgan fingerprint density at radius 1 is 1.29 bits per heavy atom. The molecule has 1 N–H and O–H groups in total. The SMILES string of the molecule is CSC1(CN2C(=O)C(C)NC(=O)C2c2ccccc2)CC1. The lowest BCUT2D eigenvalue weighted by Crippen LogP contribution is -2.59. The summed E-state index contributed by atoms with van der Waals surface area (Å²) >= 11 is 1.81. The Hall–Kier alpha value is -1.49. The lowest BCUT2D eigenvalue weighted by molar-refractivity contribution is -0.149. The zero-order valence-electron chi connectivity index (χ0n) is 12.3. The minimum Gasteiger partial charge on any atom is -0.342 e. The van der Waals surface area contributed by atoms with E-state index < -0.39 is 12.1 Å². The van der Waals surface area contributed by atoms with Gasteiger partial charge in [0.25, 0.3) is 0 Å². The summed E-state index contributed by atoms with van der Waals surface area (Å²) in [5.74, 6) is -0.0611. The van der Waals surface area contributed by atoms with E-state index >= 15 is 0 Å². The monoisotopic (exact) mass is 304 g/mol. The van der Waals surface area contributed by atoms with Crippen LogP contribution in [0.2, 0.25) is 0 Å². The number of amides is 2. The van der Waals surface area contributed by atoms with Crippen molar-refractivity contribution in [2.45, 2.75) is 36.6 Å². The van der Waals surface area contributed by atoms with Crippen molar-refractivity contribution in [1.82, 2.24) is 10.2 Å². The molecule has 2 unspecified atom stereocenters. The van der Waals surface area contributed by atoms with Gasteiger partial charge in [0.2, 0.25) is 11.8 Å². The molecule has 2 aliphatic rings. The average Bonchev–Trinajstić information content (AvgIpc) is 3.26. The van der Waals surface area contributed by atoms with Crippen LogP contribution < -0.4 is 5.32 Å². The molecular formula is C16H20N2O2S. The van der Waals surface area contributed by atoms with E-state index in [1.54, 1.807) is 11.8 Å². The number of nitrogens with zero attached hydrogens (tertiary/aromatic N) is 1. The van der Waals surface area contributed by atoms with Crippen LogP contribution in [-0.4, -0.2) is 40.3 Å². The Morgan fingerprint density at radius 3 is 2.52 bits per heavy atom. The number of rotatable bonds is 4. The molecule has 0 bridgehead atoms. The number of hydrogen-bond acceptors (Lipinski definition) is 3. The summed E-state index contributed by atoms with van der Waals surface area (Å²) in [5.41, 5.74) is 0.882. The van der Waals surface area contributed by atoms with Gasteiger partial charge in [0.05, 0.1) is 0 Å². The fourth-order valence-corrected chi connectivity index (χ4v) is 3.66. The minimum absolute atomic E-state index is 0.0174. The molecule has 4 nitrogen and oxygen atoms in total. The van der Waals surface area contributed by atoms with Gasteiger partial charge < -0.3 is 10.2 Å². The molecule has 112 valence electrons. The topological polar surface area (TPSA) is 49.4 Å². The summed E-state index contributed by atoms with van der Waals surface area (Å²) in [6.07, 6.45) is 4.33. The van der Waals surface area contributed by atoms with Gasteiger partial charge in [-0.1, -0.05) is 30.3 Å². The van der Waals surface area contributed by atoms with E-state index in [-0.39, 0.29) is 16.6 Å². The third-order valence-electron chi connectivity index (χ3n) is 4.39. The first-order valence-corrected chi connectivity index (χ1v) is 8.50. The molecule has 1 aromatic carbocycles. The Bertz CT molecular complexity index is 557. The third-order valence-corrected chi connectivity index (χ3v) is 5.79. The molecule has 1 saturated carbocycles. The van der Waals surface area contributed by atoms with Crippen LogP contribution in [0.3, 0.4) is 0 Å². The van der Waals surface area contributed by atoms with Gasteiger partial charge in [-0.15, -0.1) is 0 Å². The van der Waals surface area contributed by atoms with Crippen LogP contribution in [0.25, 0.3) is 0 Å². The highest BCUT2D eigenvalue weighted by Gasteiger charge is 2.49. The number of piperazine rings is 1. The van der Waals surface area contributed by atoms with Gasteiger partial charge in [-0.2, -0.15) is 11.8 Å². The first-order chi connectivity index (χ1) is 10.1. The third kappa shape index (κ3) is 2.67. The lowest BCUT2D eigenvalue weighted by Gasteiger charge is -2.39. The minimum atomic E-state index is -0.500. The first kappa shape index (κ1) is 14.4. The average molecular weight is 304 g/mol. The number of nitrogens with one attached hydrogen (secondary N) is 1. The Kier molecular flexibility index (Phi) is 3.69. The summed E-state index contributed by atoms with van der Waals surface area (Å²) in [5, 5.41) is 2.79. The van der Waals surface area contributed by atoms with Crippen LogP contribution in [0.4, 0.5) is 0 Å². The van der Waals surface area contributed by atoms with Gasteiger partial charge >= 0.3 is 0 Å². The van der Waals surface area contributed by atoms with Gasteiger partial charge in [0.15, 0.2) is 0 Å². The summed E-state index contributed by atoms with van der Waals surface area (Å²) in [4.78, 5) is 26.8. The van der Waals surface area contributed by atoms with E-state index in [4.69, 9.17) is 0 Å². The molecule has 2 amide bonds. The van der Waals surface area contributed by atoms with Crippen LogP contribution in [0, 0.1) is 0 Å². The smallest absolute Gasteiger partial charge is 0.248 e. The highest BCUT2D eigenvalue weighted by molar-refractivity contribution is 8.00. The highest BCUT2D eigenvalue weighted by Crippen LogP contribution is 2.48. The van der Waals surface area contributed by atoms with Gasteiger partial charge in [0.1, 0.15) is 12.1 Å². The van der Waals surface area contributed by atoms with Crippen molar-refractivity contribution >= 4 is 23.6 Å². The Labute approximate surface area is 129 Å². The molecule has 3 rings (SSSR count). The second kappa shape index (κ2) is 5.37. The van der Waals surface area contributed by atoms with Crippen molar-refractivity contribution in [3.8, 4) is 0 Å². The zero-order valence-corrected chi connectivity index (χ0v) is 13.2. The Morgan fingerprint density at radius 2 is 1.95 bits per heavy atom. The van der Waals surface area contributed by atoms with E-state index in [1.807, 2.05) is 42.1 Å². The number of hydrogen-bond donors (Lipinski definition) is 1. The van der Waals surface area contributed by atoms with Crippen molar-refractivity contribution < 1.29 is 9.59 Å². The van der Waals surface area contributed by atoms with Crippen molar-refractivity contribution in [1.29, 1.82) is 0 Å². The number of benzene rings is 1. The maximum atomic E-state index is 12.6. The summed E-state index contributed by atoms with van der Waals surface area (Å²) < 4.78 is 0.153. The van der Waals surface area contributed by atoms with E-state index in [1.165, 1.54) is 0 Å². The van der Waals surface area contributed by atoms with Crippen molar-refractivity contribution in [2.75, 3.05) is 12.8 Å². The predicted molar refractivity (Wildman–Crippen MR) is 84.0 cm³/mol. The number of carbonyl (C=O) groups excluding carboxylic acids is 2. The highest BCUT2D eigenvalue weighted by atomic mass is 32.2. The van der Waals surface area contributed by atoms with Crippen molar-refractivity contribution in [3.05, 3.63) is 35.9 Å². The van der Waals surface area contributed by atoms with Crippen molar-refractivity contribution in [2.24, 2.45) is 0 Å². The van der Waals surface area contributed by atoms with Crippen LogP contribution >= 0.6 is 11.8 Å². The maximum Gasteiger partial charge on any atom is 0.248 e. The van der Waals surface area contributed by atoms with Crippen LogP contribution in [0.15, 0.2) is 30.3 Å². The quantitative estimate of drug-likeness (QED) is 0.925. The van der Waals surface area contributed by atoms with Gasteiger partial charge in [-0.05, 0) is 31.6 Å². The molecule has 5 heteroatoms. The molecule has 2 fully saturated rings. The fourth-order valence-electron chi connectivity index (χ4n) is 2.88. The molecule has 1 heterocycles. The molecule has 0 spiro atoms. The van der Waals surface area contributed by atoms with Gasteiger partial charge in [0, 0.05) is 11.3 Å². The predicted octanol–water partition coefficient (Wildman–Crippen LogP) is 1.97. The van der Waals surface area contributed by atoms with E-state index in [2.05, 4.69) is 11.6 Å². The molecule has 1 saturated heterocycles. The number of carbonyl (C=O) groups is 2. The van der Waals surface area contributed by atoms with Gasteiger partial charge in [-0.3, -0.25) is 9.59 Å². The molecule has 1 aliphatic heterocycles. The first-order valence-electron chi connectivity index (χ1n) is 7.27. The van der Waals surface area contributed by atoms with Crippen LogP contribution in [0.5, 0.6) is 0 Å². The second-order valence-corrected chi connectivity index (χ2v) is 7.17. The van der Waals surface area contributed by atoms with E-state index in [0.717, 1.165) is 18.4 Å². The molecule has 21 heavy (non-hydrogen) atoms. The molecular weight excluding hydrogens is 284 g/mol. The largest absolute Gasteiger partial charge is 0.342 e. The second-order valence-electron chi connectivity index (χ2n) is 5.90. The fraction of sp³-hybridized carbons (Fsp3) is 0.500. The normalized spacial score (nSPS) is 27.4. The van der Waals surface area contributed by atoms with Crippen LogP contribution in [0.1, 0.15) is 31.4 Å². The van der Waals surface area contributed by atoms with Crippen LogP contribution in [-0.2, 0) is 9.59 Å². The molecule has 2 atom stereocenters. The van der Waals surface area contributed by atoms with Crippen molar-refractivity contribution in [3.63, 3.8) is 0 Å². The molecule has 1 aromatic rings. The van der Waals surface area contributed by atoms with E-state index in [9.17, 15) is 9.59 Å². The number of thioether (sulfide) groups is 1. The maximum absolute atomic E-state index is 12.6. The summed E-state index contributed by atoms with van der Waals surface area (Å²) in [6.45, 7) is 2.41. The summed E-state index contributed by atoms with van der Waals surface area (Å²) in [7, 11) is 0. The molecule has 0 aromatic heterocycles. The van der Waals surface area contributed by atoms with Gasteiger partial charge in [-0.25, -0.2) is 0 Å².